The van der Waals surface area contributed by atoms with Crippen LogP contribution in [0.1, 0.15) is 43.2 Å². The van der Waals surface area contributed by atoms with E-state index in [0.717, 1.165) is 37.0 Å². The molecule has 3 rings (SSSR count). The Balaban J connectivity index is 1.71. The van der Waals surface area contributed by atoms with Crippen molar-refractivity contribution in [3.05, 3.63) is 29.3 Å². The number of ether oxygens (including phenoxy) is 2. The molecule has 0 saturated carbocycles. The third kappa shape index (κ3) is 4.25. The fraction of sp³-hybridized carbons (Fsp3) is 0.526. The zero-order valence-electron chi connectivity index (χ0n) is 14.8. The molecule has 1 fully saturated rings. The number of carbonyl (C=O) groups is 2. The van der Waals surface area contributed by atoms with E-state index in [0.29, 0.717) is 12.1 Å². The van der Waals surface area contributed by atoms with Crippen LogP contribution in [0.15, 0.2) is 23.3 Å². The molecule has 1 aromatic rings. The Hall–Kier alpha value is -2.21. The maximum atomic E-state index is 12.3. The van der Waals surface area contributed by atoms with Crippen LogP contribution >= 0.6 is 0 Å². The lowest BCUT2D eigenvalue weighted by Crippen LogP contribution is -2.36. The minimum atomic E-state index is -0.461. The normalized spacial score (nSPS) is 21.0. The molecule has 1 saturated heterocycles. The van der Waals surface area contributed by atoms with Crippen LogP contribution in [0, 0.1) is 13.8 Å². The molecule has 25 heavy (non-hydrogen) atoms. The average Bonchev–Trinajstić information content (AvgIpc) is 2.63. The minimum absolute atomic E-state index is 0.0290. The molecule has 0 aromatic heterocycles. The summed E-state index contributed by atoms with van der Waals surface area (Å²) < 4.78 is 10.9. The summed E-state index contributed by atoms with van der Waals surface area (Å²) in [6.07, 6.45) is 3.60. The average molecular weight is 344 g/mol. The quantitative estimate of drug-likeness (QED) is 0.788. The van der Waals surface area contributed by atoms with Gasteiger partial charge in [0.15, 0.2) is 0 Å². The van der Waals surface area contributed by atoms with Gasteiger partial charge >= 0.3 is 5.97 Å². The fourth-order valence-corrected chi connectivity index (χ4v) is 3.03. The van der Waals surface area contributed by atoms with E-state index in [9.17, 15) is 9.59 Å². The van der Waals surface area contributed by atoms with Crippen molar-refractivity contribution in [1.29, 1.82) is 0 Å². The largest absolute Gasteiger partial charge is 0.458 e. The summed E-state index contributed by atoms with van der Waals surface area (Å²) in [5.74, 6) is -0.571. The molecular formula is C19H24N2O4. The molecular weight excluding hydrogens is 320 g/mol. The van der Waals surface area contributed by atoms with E-state index in [1.165, 1.54) is 5.01 Å². The lowest BCUT2D eigenvalue weighted by atomic mass is 10.1. The van der Waals surface area contributed by atoms with Gasteiger partial charge in [0.1, 0.15) is 12.3 Å². The fourth-order valence-electron chi connectivity index (χ4n) is 3.03. The van der Waals surface area contributed by atoms with Gasteiger partial charge in [-0.1, -0.05) is 12.1 Å². The predicted octanol–water partition coefficient (Wildman–Crippen LogP) is 2.90. The number of carbonyl (C=O) groups excluding carboxylic acids is 2. The van der Waals surface area contributed by atoms with Gasteiger partial charge in [-0.3, -0.25) is 4.79 Å². The molecule has 1 atom stereocenters. The van der Waals surface area contributed by atoms with Gasteiger partial charge in [-0.15, -0.1) is 0 Å². The molecule has 1 aromatic carbocycles. The van der Waals surface area contributed by atoms with Crippen molar-refractivity contribution in [2.75, 3.05) is 18.2 Å². The summed E-state index contributed by atoms with van der Waals surface area (Å²) in [4.78, 5) is 24.6. The summed E-state index contributed by atoms with van der Waals surface area (Å²) in [5, 5.41) is 5.62. The molecule has 2 aliphatic heterocycles. The number of hydrogen-bond acceptors (Lipinski definition) is 5. The Morgan fingerprint density at radius 3 is 2.92 bits per heavy atom. The smallest absolute Gasteiger partial charge is 0.354 e. The van der Waals surface area contributed by atoms with E-state index < -0.39 is 5.97 Å². The lowest BCUT2D eigenvalue weighted by molar-refractivity contribution is -0.141. The first kappa shape index (κ1) is 17.6. The number of benzene rings is 1. The van der Waals surface area contributed by atoms with Crippen LogP contribution in [0.5, 0.6) is 0 Å². The van der Waals surface area contributed by atoms with E-state index >= 15 is 0 Å². The molecule has 2 aliphatic rings. The molecule has 6 nitrogen and oxygen atoms in total. The molecule has 2 heterocycles. The summed E-state index contributed by atoms with van der Waals surface area (Å²) in [7, 11) is 0. The Morgan fingerprint density at radius 2 is 2.16 bits per heavy atom. The minimum Gasteiger partial charge on any atom is -0.458 e. The van der Waals surface area contributed by atoms with Gasteiger partial charge in [-0.25, -0.2) is 4.79 Å². The first-order valence-corrected chi connectivity index (χ1v) is 8.81. The van der Waals surface area contributed by atoms with Crippen LogP contribution < -0.4 is 5.01 Å². The van der Waals surface area contributed by atoms with Crippen LogP contribution in [0.25, 0.3) is 0 Å². The second-order valence-electron chi connectivity index (χ2n) is 6.63. The number of anilines is 1. The summed E-state index contributed by atoms with van der Waals surface area (Å²) in [6, 6.07) is 5.83. The maximum Gasteiger partial charge on any atom is 0.354 e. The molecule has 1 amide bonds. The van der Waals surface area contributed by atoms with Crippen molar-refractivity contribution in [3.63, 3.8) is 0 Å². The van der Waals surface area contributed by atoms with Crippen molar-refractivity contribution < 1.29 is 19.1 Å². The van der Waals surface area contributed by atoms with Crippen molar-refractivity contribution in [1.82, 2.24) is 0 Å². The van der Waals surface area contributed by atoms with Gasteiger partial charge in [-0.05, 0) is 50.3 Å². The molecule has 134 valence electrons. The monoisotopic (exact) mass is 344 g/mol. The highest BCUT2D eigenvalue weighted by Gasteiger charge is 2.28. The van der Waals surface area contributed by atoms with Crippen LogP contribution in [-0.2, 0) is 19.1 Å². The van der Waals surface area contributed by atoms with Crippen molar-refractivity contribution in [2.24, 2.45) is 5.10 Å². The summed E-state index contributed by atoms with van der Waals surface area (Å²) in [6.45, 7) is 4.85. The molecule has 0 radical (unpaired) electrons. The van der Waals surface area contributed by atoms with Crippen LogP contribution in [0.3, 0.4) is 0 Å². The van der Waals surface area contributed by atoms with Gasteiger partial charge in [0, 0.05) is 19.4 Å². The number of nitrogens with zero attached hydrogens (tertiary/aromatic N) is 2. The third-order valence-electron chi connectivity index (χ3n) is 4.54. The number of aryl methyl sites for hydroxylation is 2. The van der Waals surface area contributed by atoms with E-state index in [4.69, 9.17) is 9.47 Å². The van der Waals surface area contributed by atoms with Gasteiger partial charge in [0.25, 0.3) is 0 Å². The number of rotatable bonds is 4. The number of hydrazone groups is 1. The van der Waals surface area contributed by atoms with Gasteiger partial charge in [-0.2, -0.15) is 10.1 Å². The first-order chi connectivity index (χ1) is 12.0. The van der Waals surface area contributed by atoms with Gasteiger partial charge < -0.3 is 9.47 Å². The highest BCUT2D eigenvalue weighted by atomic mass is 16.6. The third-order valence-corrected chi connectivity index (χ3v) is 4.54. The summed E-state index contributed by atoms with van der Waals surface area (Å²) in [5.41, 5.74) is 2.97. The predicted molar refractivity (Wildman–Crippen MR) is 94.6 cm³/mol. The summed E-state index contributed by atoms with van der Waals surface area (Å²) >= 11 is 0. The SMILES string of the molecule is Cc1ccc(C)c(N2N=C(C(=O)OCC3CCCCO3)CCC2=O)c1. The zero-order valence-corrected chi connectivity index (χ0v) is 14.8. The molecule has 0 aliphatic carbocycles. The lowest BCUT2D eigenvalue weighted by Gasteiger charge is -2.25. The van der Waals surface area contributed by atoms with Gasteiger partial charge in [0.2, 0.25) is 5.91 Å². The molecule has 1 unspecified atom stereocenters. The standard InChI is InChI=1S/C19H24N2O4/c1-13-6-7-14(2)17(11-13)21-18(22)9-8-16(20-21)19(23)25-12-15-5-3-4-10-24-15/h6-7,11,15H,3-5,8-10,12H2,1-2H3. The highest BCUT2D eigenvalue weighted by Crippen LogP contribution is 2.25. The van der Waals surface area contributed by atoms with E-state index in [1.807, 2.05) is 32.0 Å². The highest BCUT2D eigenvalue weighted by molar-refractivity contribution is 6.38. The maximum absolute atomic E-state index is 12.3. The Bertz CT molecular complexity index is 693. The molecule has 0 spiro atoms. The second-order valence-corrected chi connectivity index (χ2v) is 6.63. The van der Waals surface area contributed by atoms with Crippen LogP contribution in [-0.4, -0.2) is 36.9 Å². The Morgan fingerprint density at radius 1 is 1.32 bits per heavy atom. The topological polar surface area (TPSA) is 68.2 Å². The molecule has 0 bridgehead atoms. The Labute approximate surface area is 147 Å². The van der Waals surface area contributed by atoms with Crippen molar-refractivity contribution >= 4 is 23.3 Å². The molecule has 0 N–H and O–H groups in total. The Kier molecular flexibility index (Phi) is 5.48. The van der Waals surface area contributed by atoms with Gasteiger partial charge in [0.05, 0.1) is 11.8 Å². The van der Waals surface area contributed by atoms with E-state index in [1.54, 1.807) is 0 Å². The second kappa shape index (κ2) is 7.78. The number of amides is 1. The zero-order chi connectivity index (χ0) is 17.8. The van der Waals surface area contributed by atoms with Crippen LogP contribution in [0.2, 0.25) is 0 Å². The molecule has 6 heteroatoms. The van der Waals surface area contributed by atoms with E-state index in [-0.39, 0.29) is 30.8 Å². The first-order valence-electron chi connectivity index (χ1n) is 8.81. The van der Waals surface area contributed by atoms with Crippen molar-refractivity contribution in [2.45, 2.75) is 52.1 Å². The van der Waals surface area contributed by atoms with Crippen LogP contribution in [0.4, 0.5) is 5.69 Å². The van der Waals surface area contributed by atoms with E-state index in [2.05, 4.69) is 5.10 Å². The number of esters is 1. The van der Waals surface area contributed by atoms with Crippen molar-refractivity contribution in [3.8, 4) is 0 Å². The number of hydrogen-bond donors (Lipinski definition) is 0.